The summed E-state index contributed by atoms with van der Waals surface area (Å²) in [4.78, 5) is 4.61. The molecule has 74 valence electrons. The molecule has 3 nitrogen and oxygen atoms in total. The van der Waals surface area contributed by atoms with Gasteiger partial charge in [-0.1, -0.05) is 20.8 Å². The smallest absolute Gasteiger partial charge is 0.158 e. The Balaban J connectivity index is 2.66. The molecule has 0 amide bonds. The first-order valence-electron chi connectivity index (χ1n) is 4.80. The van der Waals surface area contributed by atoms with Gasteiger partial charge in [0.25, 0.3) is 0 Å². The fourth-order valence-electron chi connectivity index (χ4n) is 1.40. The summed E-state index contributed by atoms with van der Waals surface area (Å²) < 4.78 is 1.81. The van der Waals surface area contributed by atoms with E-state index in [1.54, 1.807) is 0 Å². The topological polar surface area (TPSA) is 30.2 Å². The van der Waals surface area contributed by atoms with Crippen molar-refractivity contribution in [2.75, 3.05) is 0 Å². The normalized spacial score (nSPS) is 12.3. The highest BCUT2D eigenvalue weighted by Crippen LogP contribution is 2.20. The second-order valence-electron chi connectivity index (χ2n) is 4.66. The summed E-state index contributed by atoms with van der Waals surface area (Å²) in [5.41, 5.74) is 3.28. The molecule has 0 aromatic carbocycles. The van der Waals surface area contributed by atoms with Crippen LogP contribution in [-0.2, 0) is 5.41 Å². The molecule has 0 saturated carbocycles. The van der Waals surface area contributed by atoms with E-state index in [4.69, 9.17) is 0 Å². The Bertz CT molecular complexity index is 463. The van der Waals surface area contributed by atoms with Crippen molar-refractivity contribution in [3.63, 3.8) is 0 Å². The van der Waals surface area contributed by atoms with Gasteiger partial charge in [-0.3, -0.25) is 0 Å². The van der Waals surface area contributed by atoms with Crippen LogP contribution in [-0.4, -0.2) is 14.6 Å². The Morgan fingerprint density at radius 1 is 1.29 bits per heavy atom. The maximum atomic E-state index is 4.61. The summed E-state index contributed by atoms with van der Waals surface area (Å²) in [5.74, 6) is 0. The van der Waals surface area contributed by atoms with Crippen LogP contribution >= 0.6 is 0 Å². The highest BCUT2D eigenvalue weighted by molar-refractivity contribution is 5.46. The second-order valence-corrected chi connectivity index (χ2v) is 4.66. The van der Waals surface area contributed by atoms with E-state index in [1.807, 2.05) is 29.9 Å². The standard InChI is InChI=1S/C11H15N3/c1-8-7-12-14-6-5-9(11(2,3)4)13-10(8)14/h5-7H,1-4H3. The van der Waals surface area contributed by atoms with Gasteiger partial charge in [-0.25, -0.2) is 9.50 Å². The molecule has 0 aliphatic rings. The fourth-order valence-corrected chi connectivity index (χ4v) is 1.40. The molecule has 0 spiro atoms. The third-order valence-corrected chi connectivity index (χ3v) is 2.31. The lowest BCUT2D eigenvalue weighted by Crippen LogP contribution is -2.14. The van der Waals surface area contributed by atoms with E-state index in [0.717, 1.165) is 16.9 Å². The lowest BCUT2D eigenvalue weighted by molar-refractivity contribution is 0.568. The van der Waals surface area contributed by atoms with Crippen LogP contribution in [0.4, 0.5) is 0 Å². The van der Waals surface area contributed by atoms with Gasteiger partial charge in [0.2, 0.25) is 0 Å². The first-order chi connectivity index (χ1) is 6.48. The Morgan fingerprint density at radius 2 is 2.00 bits per heavy atom. The van der Waals surface area contributed by atoms with E-state index in [2.05, 4.69) is 30.9 Å². The van der Waals surface area contributed by atoms with Crippen molar-refractivity contribution < 1.29 is 0 Å². The van der Waals surface area contributed by atoms with Crippen LogP contribution in [0, 0.1) is 6.92 Å². The molecule has 0 N–H and O–H groups in total. The lowest BCUT2D eigenvalue weighted by Gasteiger charge is -2.17. The minimum absolute atomic E-state index is 0.0957. The van der Waals surface area contributed by atoms with E-state index >= 15 is 0 Å². The van der Waals surface area contributed by atoms with Crippen molar-refractivity contribution in [3.8, 4) is 0 Å². The Morgan fingerprint density at radius 3 is 2.64 bits per heavy atom. The predicted octanol–water partition coefficient (Wildman–Crippen LogP) is 2.34. The maximum Gasteiger partial charge on any atom is 0.158 e. The van der Waals surface area contributed by atoms with Gasteiger partial charge < -0.3 is 0 Å². The summed E-state index contributed by atoms with van der Waals surface area (Å²) in [6.45, 7) is 8.52. The molecule has 2 heterocycles. The highest BCUT2D eigenvalue weighted by atomic mass is 15.2. The van der Waals surface area contributed by atoms with Gasteiger partial charge in [0.1, 0.15) is 0 Å². The van der Waals surface area contributed by atoms with Gasteiger partial charge in [0, 0.05) is 22.9 Å². The number of nitrogens with zero attached hydrogens (tertiary/aromatic N) is 3. The molecule has 0 aliphatic carbocycles. The lowest BCUT2D eigenvalue weighted by atomic mass is 9.92. The molecule has 0 aliphatic heterocycles. The summed E-state index contributed by atoms with van der Waals surface area (Å²) >= 11 is 0. The predicted molar refractivity (Wildman–Crippen MR) is 56.4 cm³/mol. The molecule has 0 unspecified atom stereocenters. The van der Waals surface area contributed by atoms with Crippen molar-refractivity contribution in [2.45, 2.75) is 33.1 Å². The van der Waals surface area contributed by atoms with E-state index < -0.39 is 0 Å². The SMILES string of the molecule is Cc1cnn2ccc(C(C)(C)C)nc12. The van der Waals surface area contributed by atoms with E-state index in [1.165, 1.54) is 0 Å². The number of rotatable bonds is 0. The molecule has 2 aromatic heterocycles. The van der Waals surface area contributed by atoms with Crippen LogP contribution in [0.1, 0.15) is 32.0 Å². The average Bonchev–Trinajstić information content (AvgIpc) is 2.46. The second kappa shape index (κ2) is 2.80. The first kappa shape index (κ1) is 9.19. The monoisotopic (exact) mass is 189 g/mol. The fraction of sp³-hybridized carbons (Fsp3) is 0.455. The molecule has 0 saturated heterocycles. The van der Waals surface area contributed by atoms with Crippen LogP contribution < -0.4 is 0 Å². The average molecular weight is 189 g/mol. The van der Waals surface area contributed by atoms with Crippen molar-refractivity contribution in [3.05, 3.63) is 29.7 Å². The number of aryl methyl sites for hydroxylation is 1. The first-order valence-corrected chi connectivity index (χ1v) is 4.80. The van der Waals surface area contributed by atoms with Crippen LogP contribution in [0.2, 0.25) is 0 Å². The van der Waals surface area contributed by atoms with Crippen LogP contribution in [0.25, 0.3) is 5.65 Å². The zero-order valence-corrected chi connectivity index (χ0v) is 9.07. The molecular weight excluding hydrogens is 174 g/mol. The van der Waals surface area contributed by atoms with Crippen molar-refractivity contribution in [2.24, 2.45) is 0 Å². The minimum Gasteiger partial charge on any atom is -0.233 e. The molecule has 0 atom stereocenters. The van der Waals surface area contributed by atoms with Crippen molar-refractivity contribution in [1.29, 1.82) is 0 Å². The zero-order valence-electron chi connectivity index (χ0n) is 9.07. The Labute approximate surface area is 83.8 Å². The van der Waals surface area contributed by atoms with Gasteiger partial charge in [0.15, 0.2) is 5.65 Å². The number of fused-ring (bicyclic) bond motifs is 1. The van der Waals surface area contributed by atoms with Crippen molar-refractivity contribution in [1.82, 2.24) is 14.6 Å². The van der Waals surface area contributed by atoms with Crippen LogP contribution in [0.15, 0.2) is 18.5 Å². The zero-order chi connectivity index (χ0) is 10.3. The van der Waals surface area contributed by atoms with Gasteiger partial charge in [-0.05, 0) is 13.0 Å². The van der Waals surface area contributed by atoms with Gasteiger partial charge in [0.05, 0.1) is 6.20 Å². The van der Waals surface area contributed by atoms with Crippen LogP contribution in [0.3, 0.4) is 0 Å². The van der Waals surface area contributed by atoms with Crippen molar-refractivity contribution >= 4 is 5.65 Å². The highest BCUT2D eigenvalue weighted by Gasteiger charge is 2.16. The molecule has 0 radical (unpaired) electrons. The summed E-state index contributed by atoms with van der Waals surface area (Å²) in [6, 6.07) is 2.03. The third-order valence-electron chi connectivity index (χ3n) is 2.31. The van der Waals surface area contributed by atoms with E-state index in [0.29, 0.717) is 0 Å². The Hall–Kier alpha value is -1.38. The molecule has 14 heavy (non-hydrogen) atoms. The molecular formula is C11H15N3. The summed E-state index contributed by atoms with van der Waals surface area (Å²) in [6.07, 6.45) is 3.81. The molecule has 3 heteroatoms. The molecule has 0 bridgehead atoms. The van der Waals surface area contributed by atoms with E-state index in [-0.39, 0.29) is 5.41 Å². The number of hydrogen-bond donors (Lipinski definition) is 0. The van der Waals surface area contributed by atoms with E-state index in [9.17, 15) is 0 Å². The molecule has 0 fully saturated rings. The van der Waals surface area contributed by atoms with Gasteiger partial charge >= 0.3 is 0 Å². The van der Waals surface area contributed by atoms with Crippen LogP contribution in [0.5, 0.6) is 0 Å². The number of aromatic nitrogens is 3. The van der Waals surface area contributed by atoms with Gasteiger partial charge in [-0.2, -0.15) is 5.10 Å². The Kier molecular flexibility index (Phi) is 1.84. The molecule has 2 rings (SSSR count). The maximum absolute atomic E-state index is 4.61. The minimum atomic E-state index is 0.0957. The quantitative estimate of drug-likeness (QED) is 0.636. The van der Waals surface area contributed by atoms with Gasteiger partial charge in [-0.15, -0.1) is 0 Å². The third kappa shape index (κ3) is 1.39. The molecule has 2 aromatic rings. The largest absolute Gasteiger partial charge is 0.233 e. The number of hydrogen-bond acceptors (Lipinski definition) is 2. The summed E-state index contributed by atoms with van der Waals surface area (Å²) in [7, 11) is 0. The summed E-state index contributed by atoms with van der Waals surface area (Å²) in [5, 5.41) is 4.20.